The van der Waals surface area contributed by atoms with Crippen molar-refractivity contribution >= 4 is 11.4 Å². The summed E-state index contributed by atoms with van der Waals surface area (Å²) in [6.07, 6.45) is 1.05. The third kappa shape index (κ3) is 2.43. The van der Waals surface area contributed by atoms with Crippen LogP contribution in [-0.2, 0) is 0 Å². The van der Waals surface area contributed by atoms with Gasteiger partial charge in [-0.05, 0) is 56.4 Å². The van der Waals surface area contributed by atoms with Gasteiger partial charge in [0.15, 0.2) is 5.75 Å². The zero-order valence-corrected chi connectivity index (χ0v) is 15.1. The van der Waals surface area contributed by atoms with E-state index in [9.17, 15) is 5.26 Å². The molecule has 0 fully saturated rings. The van der Waals surface area contributed by atoms with Crippen molar-refractivity contribution < 1.29 is 4.74 Å². The van der Waals surface area contributed by atoms with Gasteiger partial charge in [0.25, 0.3) is 0 Å². The summed E-state index contributed by atoms with van der Waals surface area (Å²) in [5.74, 6) is 1.15. The molecule has 2 aromatic carbocycles. The highest BCUT2D eigenvalue weighted by molar-refractivity contribution is 5.79. The number of para-hydroxylation sites is 2. The second-order valence-corrected chi connectivity index (χ2v) is 7.24. The molecule has 3 heteroatoms. The molecule has 2 aromatic rings. The van der Waals surface area contributed by atoms with Crippen LogP contribution in [0.5, 0.6) is 5.75 Å². The number of ether oxygens (including phenoxy) is 1. The molecule has 124 valence electrons. The minimum Gasteiger partial charge on any atom is -0.493 e. The molecule has 1 aliphatic heterocycles. The van der Waals surface area contributed by atoms with Crippen LogP contribution in [-0.4, -0.2) is 12.6 Å². The van der Waals surface area contributed by atoms with Crippen molar-refractivity contribution in [3.63, 3.8) is 0 Å². The quantitative estimate of drug-likeness (QED) is 0.753. The molecule has 0 aromatic heterocycles. The van der Waals surface area contributed by atoms with Gasteiger partial charge in [0, 0.05) is 11.2 Å². The first kappa shape index (κ1) is 16.4. The Morgan fingerprint density at radius 2 is 1.92 bits per heavy atom. The molecule has 0 radical (unpaired) electrons. The Hall–Kier alpha value is -2.47. The van der Waals surface area contributed by atoms with E-state index in [0.717, 1.165) is 12.1 Å². The van der Waals surface area contributed by atoms with Crippen molar-refractivity contribution in [2.24, 2.45) is 0 Å². The summed E-state index contributed by atoms with van der Waals surface area (Å²) in [7, 11) is 1.64. The first-order valence-corrected chi connectivity index (χ1v) is 8.37. The Kier molecular flexibility index (Phi) is 4.01. The molecule has 0 aliphatic carbocycles. The molecule has 1 atom stereocenters. The van der Waals surface area contributed by atoms with Crippen LogP contribution in [0.15, 0.2) is 36.4 Å². The summed E-state index contributed by atoms with van der Waals surface area (Å²) >= 11 is 0. The van der Waals surface area contributed by atoms with Gasteiger partial charge in [-0.3, -0.25) is 0 Å². The van der Waals surface area contributed by atoms with Crippen molar-refractivity contribution in [2.75, 3.05) is 12.0 Å². The van der Waals surface area contributed by atoms with Crippen LogP contribution in [0.1, 0.15) is 49.8 Å². The Bertz CT molecular complexity index is 817. The topological polar surface area (TPSA) is 36.3 Å². The van der Waals surface area contributed by atoms with E-state index >= 15 is 0 Å². The summed E-state index contributed by atoms with van der Waals surface area (Å²) < 4.78 is 5.63. The summed E-state index contributed by atoms with van der Waals surface area (Å²) in [5, 5.41) is 9.45. The predicted molar refractivity (Wildman–Crippen MR) is 98.1 cm³/mol. The molecule has 3 rings (SSSR count). The number of aryl methyl sites for hydroxylation is 1. The average Bonchev–Trinajstić information content (AvgIpc) is 2.54. The van der Waals surface area contributed by atoms with Gasteiger partial charge in [-0.15, -0.1) is 0 Å². The molecule has 0 spiro atoms. The fourth-order valence-corrected chi connectivity index (χ4v) is 4.09. The molecule has 3 nitrogen and oxygen atoms in total. The van der Waals surface area contributed by atoms with Gasteiger partial charge in [0.1, 0.15) is 6.07 Å². The number of fused-ring (bicyclic) bond motifs is 1. The first-order chi connectivity index (χ1) is 11.4. The van der Waals surface area contributed by atoms with E-state index in [1.165, 1.54) is 16.8 Å². The van der Waals surface area contributed by atoms with Crippen LogP contribution >= 0.6 is 0 Å². The first-order valence-electron chi connectivity index (χ1n) is 8.37. The van der Waals surface area contributed by atoms with E-state index < -0.39 is 0 Å². The lowest BCUT2D eigenvalue weighted by molar-refractivity contribution is 0.388. The van der Waals surface area contributed by atoms with Crippen LogP contribution in [0.3, 0.4) is 0 Å². The number of methoxy groups -OCH3 is 1. The van der Waals surface area contributed by atoms with Crippen molar-refractivity contribution in [2.45, 2.75) is 45.6 Å². The fraction of sp³-hybridized carbons (Fsp3) is 0.381. The SMILES string of the molecule is COc1c(C#N)cccc1N1c2c(C)cccc2C(C)CC1(C)C. The molecule has 1 unspecified atom stereocenters. The molecule has 0 saturated heterocycles. The van der Waals surface area contributed by atoms with Crippen LogP contribution in [0.25, 0.3) is 0 Å². The number of hydrogen-bond acceptors (Lipinski definition) is 3. The normalized spacial score (nSPS) is 18.7. The number of rotatable bonds is 2. The molecule has 1 aliphatic rings. The van der Waals surface area contributed by atoms with Gasteiger partial charge in [-0.25, -0.2) is 0 Å². The molecule has 0 amide bonds. The van der Waals surface area contributed by atoms with Crippen molar-refractivity contribution in [3.8, 4) is 11.8 Å². The molecular formula is C21H24N2O. The minimum atomic E-state index is -0.0696. The maximum Gasteiger partial charge on any atom is 0.160 e. The Balaban J connectivity index is 2.32. The highest BCUT2D eigenvalue weighted by Crippen LogP contribution is 2.51. The van der Waals surface area contributed by atoms with E-state index in [1.807, 2.05) is 12.1 Å². The molecular weight excluding hydrogens is 296 g/mol. The molecule has 0 N–H and O–H groups in total. The van der Waals surface area contributed by atoms with Gasteiger partial charge in [-0.1, -0.05) is 31.2 Å². The zero-order chi connectivity index (χ0) is 17.5. The molecule has 1 heterocycles. The maximum atomic E-state index is 9.45. The minimum absolute atomic E-state index is 0.0696. The van der Waals surface area contributed by atoms with Gasteiger partial charge >= 0.3 is 0 Å². The van der Waals surface area contributed by atoms with Crippen LogP contribution in [0.4, 0.5) is 11.4 Å². The third-order valence-electron chi connectivity index (χ3n) is 4.99. The van der Waals surface area contributed by atoms with Gasteiger partial charge in [0.2, 0.25) is 0 Å². The van der Waals surface area contributed by atoms with E-state index in [1.54, 1.807) is 13.2 Å². The summed E-state index contributed by atoms with van der Waals surface area (Å²) in [5.41, 5.74) is 5.31. The van der Waals surface area contributed by atoms with Crippen LogP contribution in [0.2, 0.25) is 0 Å². The lowest BCUT2D eigenvalue weighted by atomic mass is 9.78. The average molecular weight is 320 g/mol. The monoisotopic (exact) mass is 320 g/mol. The predicted octanol–water partition coefficient (Wildman–Crippen LogP) is 5.30. The van der Waals surface area contributed by atoms with Gasteiger partial charge in [0.05, 0.1) is 18.4 Å². The Morgan fingerprint density at radius 1 is 1.21 bits per heavy atom. The highest BCUT2D eigenvalue weighted by atomic mass is 16.5. The summed E-state index contributed by atoms with van der Waals surface area (Å²) in [6.45, 7) is 8.97. The number of hydrogen-bond donors (Lipinski definition) is 0. The molecule has 0 bridgehead atoms. The maximum absolute atomic E-state index is 9.45. The van der Waals surface area contributed by atoms with E-state index in [0.29, 0.717) is 17.2 Å². The fourth-order valence-electron chi connectivity index (χ4n) is 4.09. The summed E-state index contributed by atoms with van der Waals surface area (Å²) in [6, 6.07) is 14.5. The Morgan fingerprint density at radius 3 is 2.58 bits per heavy atom. The van der Waals surface area contributed by atoms with E-state index in [2.05, 4.69) is 56.9 Å². The van der Waals surface area contributed by atoms with Gasteiger partial charge < -0.3 is 9.64 Å². The van der Waals surface area contributed by atoms with Crippen LogP contribution < -0.4 is 9.64 Å². The second kappa shape index (κ2) is 5.87. The number of nitriles is 1. The smallest absolute Gasteiger partial charge is 0.160 e. The standard InChI is InChI=1S/C21H24N2O/c1-14-8-6-10-17-15(2)12-21(3,4)23(19(14)17)18-11-7-9-16(13-22)20(18)24-5/h6-11,15H,12H2,1-5H3. The lowest BCUT2D eigenvalue weighted by Gasteiger charge is -2.48. The number of benzene rings is 2. The second-order valence-electron chi connectivity index (χ2n) is 7.24. The van der Waals surface area contributed by atoms with Crippen LogP contribution in [0, 0.1) is 18.3 Å². The van der Waals surface area contributed by atoms with E-state index in [4.69, 9.17) is 4.74 Å². The number of nitrogens with zero attached hydrogens (tertiary/aromatic N) is 2. The van der Waals surface area contributed by atoms with Crippen molar-refractivity contribution in [3.05, 3.63) is 53.1 Å². The van der Waals surface area contributed by atoms with E-state index in [-0.39, 0.29) is 5.54 Å². The zero-order valence-electron chi connectivity index (χ0n) is 15.1. The molecule has 24 heavy (non-hydrogen) atoms. The lowest BCUT2D eigenvalue weighted by Crippen LogP contribution is -2.45. The van der Waals surface area contributed by atoms with Crippen molar-refractivity contribution in [1.82, 2.24) is 0 Å². The highest BCUT2D eigenvalue weighted by Gasteiger charge is 2.39. The van der Waals surface area contributed by atoms with Crippen molar-refractivity contribution in [1.29, 1.82) is 5.26 Å². The third-order valence-corrected chi connectivity index (χ3v) is 4.99. The summed E-state index contributed by atoms with van der Waals surface area (Å²) in [4.78, 5) is 2.36. The number of anilines is 2. The Labute approximate surface area is 144 Å². The largest absolute Gasteiger partial charge is 0.493 e. The van der Waals surface area contributed by atoms with Gasteiger partial charge in [-0.2, -0.15) is 5.26 Å². The molecule has 0 saturated carbocycles.